The molecule has 1 aliphatic rings. The van der Waals surface area contributed by atoms with Crippen molar-refractivity contribution in [3.05, 3.63) is 33.3 Å². The van der Waals surface area contributed by atoms with Gasteiger partial charge in [-0.05, 0) is 31.0 Å². The first-order valence-corrected chi connectivity index (χ1v) is 8.74. The predicted octanol–water partition coefficient (Wildman–Crippen LogP) is 4.88. The zero-order valence-electron chi connectivity index (χ0n) is 10.5. The van der Waals surface area contributed by atoms with Crippen LogP contribution in [-0.2, 0) is 0 Å². The van der Waals surface area contributed by atoms with Gasteiger partial charge in [0.05, 0.1) is 0 Å². The van der Waals surface area contributed by atoms with Crippen molar-refractivity contribution in [2.45, 2.75) is 31.7 Å². The molecular formula is C14H16Br2ClNO. The summed E-state index contributed by atoms with van der Waals surface area (Å²) >= 11 is 12.9. The van der Waals surface area contributed by atoms with Crippen molar-refractivity contribution in [1.29, 1.82) is 0 Å². The predicted molar refractivity (Wildman–Crippen MR) is 86.2 cm³/mol. The third-order valence-electron chi connectivity index (χ3n) is 3.46. The Morgan fingerprint density at radius 3 is 2.58 bits per heavy atom. The molecule has 0 N–H and O–H groups in total. The molecule has 1 aromatic rings. The Morgan fingerprint density at radius 2 is 2.00 bits per heavy atom. The molecule has 1 amide bonds. The van der Waals surface area contributed by atoms with E-state index in [0.717, 1.165) is 29.2 Å². The summed E-state index contributed by atoms with van der Waals surface area (Å²) in [4.78, 5) is 14.6. The summed E-state index contributed by atoms with van der Waals surface area (Å²) < 4.78 is 0.841. The summed E-state index contributed by atoms with van der Waals surface area (Å²) in [6.45, 7) is 0.744. The van der Waals surface area contributed by atoms with Gasteiger partial charge in [0.2, 0.25) is 0 Å². The van der Waals surface area contributed by atoms with Crippen molar-refractivity contribution in [1.82, 2.24) is 4.90 Å². The molecule has 104 valence electrons. The third kappa shape index (κ3) is 3.96. The van der Waals surface area contributed by atoms with Crippen molar-refractivity contribution in [3.8, 4) is 0 Å². The van der Waals surface area contributed by atoms with Gasteiger partial charge < -0.3 is 4.90 Å². The molecule has 2 nitrogen and oxygen atoms in total. The Morgan fingerprint density at radius 1 is 1.32 bits per heavy atom. The number of nitrogens with zero attached hydrogens (tertiary/aromatic N) is 1. The van der Waals surface area contributed by atoms with Crippen molar-refractivity contribution in [2.75, 3.05) is 11.9 Å². The number of hydrogen-bond donors (Lipinski definition) is 0. The monoisotopic (exact) mass is 407 g/mol. The van der Waals surface area contributed by atoms with Crippen LogP contribution in [0.3, 0.4) is 0 Å². The lowest BCUT2D eigenvalue weighted by Crippen LogP contribution is -2.40. The van der Waals surface area contributed by atoms with E-state index < -0.39 is 0 Å². The second kappa shape index (κ2) is 7.09. The second-order valence-electron chi connectivity index (χ2n) is 4.78. The zero-order valence-corrected chi connectivity index (χ0v) is 14.5. The van der Waals surface area contributed by atoms with E-state index in [4.69, 9.17) is 11.6 Å². The lowest BCUT2D eigenvalue weighted by atomic mass is 10.1. The van der Waals surface area contributed by atoms with Gasteiger partial charge in [-0.3, -0.25) is 4.79 Å². The Hall–Kier alpha value is -0.0600. The number of alkyl halides is 1. The molecule has 0 spiro atoms. The van der Waals surface area contributed by atoms with E-state index in [1.54, 1.807) is 12.1 Å². The molecule has 1 aromatic carbocycles. The maximum atomic E-state index is 12.7. The van der Waals surface area contributed by atoms with Gasteiger partial charge in [-0.15, -0.1) is 0 Å². The number of halogens is 3. The Balaban J connectivity index is 2.22. The number of carbonyl (C=O) groups excluding carboxylic acids is 1. The van der Waals surface area contributed by atoms with Crippen molar-refractivity contribution in [3.63, 3.8) is 0 Å². The average Bonchev–Trinajstić information content (AvgIpc) is 2.87. The highest BCUT2D eigenvalue weighted by molar-refractivity contribution is 9.10. The summed E-state index contributed by atoms with van der Waals surface area (Å²) in [5.74, 6) is 0.0783. The SMILES string of the molecule is O=C(c1cc(Cl)cc(Br)c1)N(CCBr)C1CCCC1. The van der Waals surface area contributed by atoms with E-state index in [9.17, 15) is 4.79 Å². The highest BCUT2D eigenvalue weighted by atomic mass is 79.9. The van der Waals surface area contributed by atoms with E-state index >= 15 is 0 Å². The minimum atomic E-state index is 0.0783. The molecule has 1 aliphatic carbocycles. The molecule has 1 saturated carbocycles. The fourth-order valence-electron chi connectivity index (χ4n) is 2.60. The van der Waals surface area contributed by atoms with Crippen molar-refractivity contribution >= 4 is 49.4 Å². The fraction of sp³-hybridized carbons (Fsp3) is 0.500. The van der Waals surface area contributed by atoms with Gasteiger partial charge in [-0.1, -0.05) is 56.3 Å². The zero-order chi connectivity index (χ0) is 13.8. The standard InChI is InChI=1S/C14H16Br2ClNO/c15-5-6-18(13-3-1-2-4-13)14(19)10-7-11(16)9-12(17)8-10/h7-9,13H,1-6H2. The van der Waals surface area contributed by atoms with Crippen LogP contribution in [0.2, 0.25) is 5.02 Å². The van der Waals surface area contributed by atoms with E-state index in [1.807, 2.05) is 11.0 Å². The van der Waals surface area contributed by atoms with E-state index in [2.05, 4.69) is 31.9 Å². The minimum Gasteiger partial charge on any atom is -0.335 e. The maximum absolute atomic E-state index is 12.7. The second-order valence-corrected chi connectivity index (χ2v) is 6.93. The Kier molecular flexibility index (Phi) is 5.72. The maximum Gasteiger partial charge on any atom is 0.254 e. The van der Waals surface area contributed by atoms with Gasteiger partial charge in [-0.25, -0.2) is 0 Å². The number of benzene rings is 1. The number of amides is 1. The van der Waals surface area contributed by atoms with Gasteiger partial charge in [0.15, 0.2) is 0 Å². The summed E-state index contributed by atoms with van der Waals surface area (Å²) in [6.07, 6.45) is 4.66. The first kappa shape index (κ1) is 15.3. The smallest absolute Gasteiger partial charge is 0.254 e. The molecule has 1 fully saturated rings. The highest BCUT2D eigenvalue weighted by Gasteiger charge is 2.27. The molecule has 0 unspecified atom stereocenters. The summed E-state index contributed by atoms with van der Waals surface area (Å²) in [6, 6.07) is 5.75. The van der Waals surface area contributed by atoms with Crippen LogP contribution in [0.4, 0.5) is 0 Å². The van der Waals surface area contributed by atoms with Crippen LogP contribution in [0.25, 0.3) is 0 Å². The average molecular weight is 410 g/mol. The lowest BCUT2D eigenvalue weighted by molar-refractivity contribution is 0.0696. The first-order chi connectivity index (χ1) is 9.11. The molecule has 2 rings (SSSR count). The van der Waals surface area contributed by atoms with Crippen LogP contribution in [0.5, 0.6) is 0 Å². The van der Waals surface area contributed by atoms with Crippen molar-refractivity contribution in [2.24, 2.45) is 0 Å². The molecule has 0 saturated heterocycles. The van der Waals surface area contributed by atoms with Crippen LogP contribution in [-0.4, -0.2) is 28.7 Å². The molecule has 0 aliphatic heterocycles. The summed E-state index contributed by atoms with van der Waals surface area (Å²) in [5.41, 5.74) is 0.659. The Bertz CT molecular complexity index is 441. The molecular weight excluding hydrogens is 393 g/mol. The van der Waals surface area contributed by atoms with E-state index in [1.165, 1.54) is 12.8 Å². The molecule has 5 heteroatoms. The fourth-order valence-corrected chi connectivity index (χ4v) is 3.84. The van der Waals surface area contributed by atoms with Gasteiger partial charge in [-0.2, -0.15) is 0 Å². The minimum absolute atomic E-state index is 0.0783. The van der Waals surface area contributed by atoms with Crippen LogP contribution >= 0.6 is 43.5 Å². The van der Waals surface area contributed by atoms with Gasteiger partial charge in [0, 0.05) is 33.0 Å². The number of rotatable bonds is 4. The van der Waals surface area contributed by atoms with Crippen LogP contribution < -0.4 is 0 Å². The highest BCUT2D eigenvalue weighted by Crippen LogP contribution is 2.27. The summed E-state index contributed by atoms with van der Waals surface area (Å²) in [7, 11) is 0. The quantitative estimate of drug-likeness (QED) is 0.649. The molecule has 19 heavy (non-hydrogen) atoms. The topological polar surface area (TPSA) is 20.3 Å². The van der Waals surface area contributed by atoms with Crippen LogP contribution in [0.1, 0.15) is 36.0 Å². The van der Waals surface area contributed by atoms with Gasteiger partial charge >= 0.3 is 0 Å². The number of hydrogen-bond acceptors (Lipinski definition) is 1. The summed E-state index contributed by atoms with van der Waals surface area (Å²) in [5, 5.41) is 1.39. The van der Waals surface area contributed by atoms with Crippen LogP contribution in [0, 0.1) is 0 Å². The molecule has 0 radical (unpaired) electrons. The molecule has 0 bridgehead atoms. The molecule has 0 heterocycles. The number of carbonyl (C=O) groups is 1. The first-order valence-electron chi connectivity index (χ1n) is 6.45. The van der Waals surface area contributed by atoms with E-state index in [-0.39, 0.29) is 5.91 Å². The van der Waals surface area contributed by atoms with E-state index in [0.29, 0.717) is 16.6 Å². The normalized spacial score (nSPS) is 15.7. The molecule has 0 aromatic heterocycles. The largest absolute Gasteiger partial charge is 0.335 e. The lowest BCUT2D eigenvalue weighted by Gasteiger charge is -2.28. The van der Waals surface area contributed by atoms with Gasteiger partial charge in [0.1, 0.15) is 0 Å². The van der Waals surface area contributed by atoms with Crippen molar-refractivity contribution < 1.29 is 4.79 Å². The Labute approximate surface area is 135 Å². The van der Waals surface area contributed by atoms with Gasteiger partial charge in [0.25, 0.3) is 5.91 Å². The third-order valence-corrected chi connectivity index (χ3v) is 4.49. The van der Waals surface area contributed by atoms with Crippen LogP contribution in [0.15, 0.2) is 22.7 Å². The molecule has 0 atom stereocenters.